The van der Waals surface area contributed by atoms with Crippen molar-refractivity contribution in [2.45, 2.75) is 26.2 Å². The highest BCUT2D eigenvalue weighted by Crippen LogP contribution is 2.20. The van der Waals surface area contributed by atoms with Crippen LogP contribution >= 0.6 is 0 Å². The number of hydrogen-bond acceptors (Lipinski definition) is 3. The van der Waals surface area contributed by atoms with Gasteiger partial charge in [0, 0.05) is 5.69 Å². The molecule has 7 nitrogen and oxygen atoms in total. The molecule has 0 spiro atoms. The van der Waals surface area contributed by atoms with Crippen LogP contribution in [0.5, 0.6) is 0 Å². The molecule has 1 atom stereocenters. The molecule has 4 N–H and O–H groups in total. The van der Waals surface area contributed by atoms with Crippen LogP contribution in [0.3, 0.4) is 0 Å². The van der Waals surface area contributed by atoms with Crippen molar-refractivity contribution in [2.75, 3.05) is 25.0 Å². The molecule has 1 fully saturated rings. The van der Waals surface area contributed by atoms with E-state index in [1.165, 1.54) is 5.56 Å². The Morgan fingerprint density at radius 3 is 2.65 bits per heavy atom. The lowest BCUT2D eigenvalue weighted by molar-refractivity contribution is -0.124. The van der Waals surface area contributed by atoms with E-state index in [0.29, 0.717) is 5.92 Å². The molecular weight excluding hydrogens is 294 g/mol. The molecule has 0 aromatic heterocycles. The normalized spacial score (nSPS) is 16.4. The lowest BCUT2D eigenvalue weighted by Crippen LogP contribution is -2.34. The van der Waals surface area contributed by atoms with E-state index >= 15 is 0 Å². The second kappa shape index (κ2) is 7.62. The third kappa shape index (κ3) is 4.45. The zero-order valence-corrected chi connectivity index (χ0v) is 13.5. The van der Waals surface area contributed by atoms with E-state index < -0.39 is 0 Å². The van der Waals surface area contributed by atoms with Crippen LogP contribution < -0.4 is 16.4 Å². The van der Waals surface area contributed by atoms with Gasteiger partial charge >= 0.3 is 6.03 Å². The van der Waals surface area contributed by atoms with Gasteiger partial charge in [0.05, 0.1) is 19.6 Å². The highest BCUT2D eigenvalue weighted by molar-refractivity contribution is 6.02. The number of nitrogens with zero attached hydrogens (tertiary/aromatic N) is 2. The molecule has 0 aliphatic carbocycles. The topological polar surface area (TPSA) is 99.8 Å². The predicted molar refractivity (Wildman–Crippen MR) is 90.4 cm³/mol. The number of amides is 3. The van der Waals surface area contributed by atoms with Gasteiger partial charge in [-0.3, -0.25) is 14.7 Å². The minimum atomic E-state index is -0.377. The van der Waals surface area contributed by atoms with Gasteiger partial charge < -0.3 is 16.4 Å². The second-order valence-corrected chi connectivity index (χ2v) is 5.53. The number of benzene rings is 1. The largest absolute Gasteiger partial charge is 0.370 e. The summed E-state index contributed by atoms with van der Waals surface area (Å²) < 4.78 is 0. The first kappa shape index (κ1) is 16.8. The number of imide groups is 1. The molecule has 1 aliphatic heterocycles. The van der Waals surface area contributed by atoms with Crippen molar-refractivity contribution in [3.63, 3.8) is 0 Å². The number of anilines is 1. The van der Waals surface area contributed by atoms with E-state index in [9.17, 15) is 9.59 Å². The lowest BCUT2D eigenvalue weighted by atomic mass is 9.99. The van der Waals surface area contributed by atoms with Crippen LogP contribution in [0.25, 0.3) is 0 Å². The summed E-state index contributed by atoms with van der Waals surface area (Å²) in [6, 6.07) is 7.67. The van der Waals surface area contributed by atoms with E-state index in [-0.39, 0.29) is 37.5 Å². The summed E-state index contributed by atoms with van der Waals surface area (Å²) in [5.41, 5.74) is 7.96. The maximum absolute atomic E-state index is 11.4. The fourth-order valence-electron chi connectivity index (χ4n) is 2.27. The van der Waals surface area contributed by atoms with Crippen LogP contribution in [0.2, 0.25) is 0 Å². The van der Waals surface area contributed by atoms with Gasteiger partial charge in [-0.1, -0.05) is 26.0 Å². The number of carbonyl (C=O) groups is 2. The molecule has 2 rings (SSSR count). The number of urea groups is 1. The van der Waals surface area contributed by atoms with Gasteiger partial charge in [-0.15, -0.1) is 0 Å². The second-order valence-electron chi connectivity index (χ2n) is 5.53. The summed E-state index contributed by atoms with van der Waals surface area (Å²) in [5, 5.41) is 5.46. The molecule has 0 radical (unpaired) electrons. The highest BCUT2D eigenvalue weighted by atomic mass is 16.2. The van der Waals surface area contributed by atoms with E-state index in [1.807, 2.05) is 12.1 Å². The maximum atomic E-state index is 11.4. The molecule has 1 aromatic carbocycles. The van der Waals surface area contributed by atoms with E-state index in [2.05, 4.69) is 41.6 Å². The van der Waals surface area contributed by atoms with Crippen molar-refractivity contribution in [1.29, 1.82) is 0 Å². The fourth-order valence-corrected chi connectivity index (χ4v) is 2.27. The first-order chi connectivity index (χ1) is 11.0. The SMILES string of the molecule is CCC(C)c1ccc(NC(N)=NCCN2C(=O)CNC2=O)cc1. The van der Waals surface area contributed by atoms with Crippen molar-refractivity contribution in [2.24, 2.45) is 10.7 Å². The predicted octanol–water partition coefficient (Wildman–Crippen LogP) is 1.48. The average Bonchev–Trinajstić information content (AvgIpc) is 2.86. The number of nitrogens with one attached hydrogen (secondary N) is 2. The summed E-state index contributed by atoms with van der Waals surface area (Å²) in [7, 11) is 0. The molecule has 1 aliphatic rings. The Hall–Kier alpha value is -2.57. The Morgan fingerprint density at radius 2 is 2.09 bits per heavy atom. The highest BCUT2D eigenvalue weighted by Gasteiger charge is 2.27. The monoisotopic (exact) mass is 317 g/mol. The van der Waals surface area contributed by atoms with Crippen molar-refractivity contribution in [3.8, 4) is 0 Å². The summed E-state index contributed by atoms with van der Waals surface area (Å²) in [5.74, 6) is 0.546. The molecule has 0 bridgehead atoms. The smallest absolute Gasteiger partial charge is 0.324 e. The van der Waals surface area contributed by atoms with E-state index in [4.69, 9.17) is 5.73 Å². The Labute approximate surface area is 135 Å². The van der Waals surface area contributed by atoms with Crippen LogP contribution in [0.1, 0.15) is 31.7 Å². The van der Waals surface area contributed by atoms with Crippen LogP contribution in [0, 0.1) is 0 Å². The molecule has 7 heteroatoms. The Balaban J connectivity index is 1.85. The van der Waals surface area contributed by atoms with Crippen molar-refractivity contribution in [3.05, 3.63) is 29.8 Å². The molecule has 1 heterocycles. The molecule has 1 unspecified atom stereocenters. The van der Waals surface area contributed by atoms with Crippen LogP contribution in [0.4, 0.5) is 10.5 Å². The first-order valence-electron chi connectivity index (χ1n) is 7.76. The number of rotatable bonds is 6. The average molecular weight is 317 g/mol. The number of nitrogens with two attached hydrogens (primary N) is 1. The Morgan fingerprint density at radius 1 is 1.39 bits per heavy atom. The molecule has 23 heavy (non-hydrogen) atoms. The van der Waals surface area contributed by atoms with Crippen molar-refractivity contribution >= 4 is 23.6 Å². The number of hydrogen-bond donors (Lipinski definition) is 3. The summed E-state index contributed by atoms with van der Waals surface area (Å²) in [6.07, 6.45) is 1.10. The fraction of sp³-hybridized carbons (Fsp3) is 0.438. The number of aliphatic imine (C=N–C) groups is 1. The molecule has 0 saturated carbocycles. The molecule has 124 valence electrons. The van der Waals surface area contributed by atoms with Crippen molar-refractivity contribution < 1.29 is 9.59 Å². The molecular formula is C16H23N5O2. The van der Waals surface area contributed by atoms with E-state index in [0.717, 1.165) is 17.0 Å². The quantitative estimate of drug-likeness (QED) is 0.420. The minimum absolute atomic E-state index is 0.0544. The van der Waals surface area contributed by atoms with Gasteiger partial charge in [-0.05, 0) is 30.0 Å². The van der Waals surface area contributed by atoms with Gasteiger partial charge in [0.25, 0.3) is 0 Å². The Kier molecular flexibility index (Phi) is 5.56. The van der Waals surface area contributed by atoms with Gasteiger partial charge in [0.15, 0.2) is 5.96 Å². The van der Waals surface area contributed by atoms with Gasteiger partial charge in [0.2, 0.25) is 5.91 Å². The minimum Gasteiger partial charge on any atom is -0.370 e. The third-order valence-corrected chi connectivity index (χ3v) is 3.91. The Bertz CT molecular complexity index is 581. The third-order valence-electron chi connectivity index (χ3n) is 3.91. The summed E-state index contributed by atoms with van der Waals surface area (Å²) in [6.45, 7) is 4.89. The molecule has 3 amide bonds. The number of guanidine groups is 1. The van der Waals surface area contributed by atoms with Gasteiger partial charge in [-0.25, -0.2) is 4.79 Å². The standard InChI is InChI=1S/C16H23N5O2/c1-3-11(2)12-4-6-13(7-5-12)20-15(17)18-8-9-21-14(22)10-19-16(21)23/h4-7,11H,3,8-10H2,1-2H3,(H,19,23)(H3,17,18,20). The van der Waals surface area contributed by atoms with Crippen molar-refractivity contribution in [1.82, 2.24) is 10.2 Å². The summed E-state index contributed by atoms with van der Waals surface area (Å²) in [4.78, 5) is 28.0. The number of carbonyl (C=O) groups excluding carboxylic acids is 2. The van der Waals surface area contributed by atoms with E-state index in [1.54, 1.807) is 0 Å². The zero-order valence-electron chi connectivity index (χ0n) is 13.5. The summed E-state index contributed by atoms with van der Waals surface area (Å²) >= 11 is 0. The van der Waals surface area contributed by atoms with Crippen LogP contribution in [-0.2, 0) is 4.79 Å². The first-order valence-corrected chi connectivity index (χ1v) is 7.76. The van der Waals surface area contributed by atoms with Gasteiger partial charge in [0.1, 0.15) is 0 Å². The van der Waals surface area contributed by atoms with Crippen LogP contribution in [0.15, 0.2) is 29.3 Å². The van der Waals surface area contributed by atoms with Gasteiger partial charge in [-0.2, -0.15) is 0 Å². The zero-order chi connectivity index (χ0) is 16.8. The maximum Gasteiger partial charge on any atom is 0.324 e. The lowest BCUT2D eigenvalue weighted by Gasteiger charge is -2.12. The van der Waals surface area contributed by atoms with Crippen LogP contribution in [-0.4, -0.2) is 42.4 Å². The molecule has 1 saturated heterocycles. The molecule has 1 aromatic rings.